The van der Waals surface area contributed by atoms with E-state index < -0.39 is 18.0 Å². The van der Waals surface area contributed by atoms with Gasteiger partial charge in [-0.15, -0.1) is 0 Å². The first kappa shape index (κ1) is 12.6. The van der Waals surface area contributed by atoms with Gasteiger partial charge in [-0.05, 0) is 23.3 Å². The highest BCUT2D eigenvalue weighted by molar-refractivity contribution is 5.30. The normalized spacial score (nSPS) is 14.2. The van der Waals surface area contributed by atoms with Crippen molar-refractivity contribution in [3.63, 3.8) is 0 Å². The van der Waals surface area contributed by atoms with Crippen LogP contribution in [-0.2, 0) is 6.61 Å². The van der Waals surface area contributed by atoms with Crippen molar-refractivity contribution in [3.8, 4) is 6.07 Å². The summed E-state index contributed by atoms with van der Waals surface area (Å²) >= 11 is 0. The summed E-state index contributed by atoms with van der Waals surface area (Å²) in [5.74, 6) is -0.574. The molecule has 0 aliphatic heterocycles. The number of hydrogen-bond donors (Lipinski definition) is 3. The molecule has 0 saturated heterocycles. The topological polar surface area (TPSA) is 84.5 Å². The van der Waals surface area contributed by atoms with Crippen LogP contribution in [0.4, 0.5) is 4.39 Å². The molecule has 2 atom stereocenters. The van der Waals surface area contributed by atoms with Gasteiger partial charge in [-0.2, -0.15) is 5.26 Å². The van der Waals surface area contributed by atoms with Crippen LogP contribution in [0.3, 0.4) is 0 Å². The fourth-order valence-electron chi connectivity index (χ4n) is 1.40. The van der Waals surface area contributed by atoms with E-state index in [0.29, 0.717) is 5.56 Å². The van der Waals surface area contributed by atoms with Gasteiger partial charge >= 0.3 is 0 Å². The van der Waals surface area contributed by atoms with E-state index in [4.69, 9.17) is 10.4 Å². The molecule has 0 spiro atoms. The fraction of sp³-hybridized carbons (Fsp3) is 0.364. The summed E-state index contributed by atoms with van der Waals surface area (Å²) in [6.45, 7) is -0.369. The Morgan fingerprint density at radius 2 is 2.06 bits per heavy atom. The minimum atomic E-state index is -1.38. The number of rotatable bonds is 4. The standard InChI is InChI=1S/C11H12FNO3/c12-8-2-1-7(6-14)9(5-8)11(16)10(15)3-4-13/h1-2,5,10-11,14-16H,3,6H2. The molecule has 0 amide bonds. The van der Waals surface area contributed by atoms with Crippen LogP contribution < -0.4 is 0 Å². The lowest BCUT2D eigenvalue weighted by Crippen LogP contribution is -2.19. The zero-order chi connectivity index (χ0) is 12.1. The smallest absolute Gasteiger partial charge is 0.123 e. The van der Waals surface area contributed by atoms with Crippen LogP contribution >= 0.6 is 0 Å². The Labute approximate surface area is 92.2 Å². The predicted octanol–water partition coefficient (Wildman–Crippen LogP) is 0.626. The van der Waals surface area contributed by atoms with Crippen LogP contribution in [0, 0.1) is 17.1 Å². The maximum absolute atomic E-state index is 13.0. The van der Waals surface area contributed by atoms with Crippen LogP contribution in [-0.4, -0.2) is 21.4 Å². The van der Waals surface area contributed by atoms with Crippen molar-refractivity contribution >= 4 is 0 Å². The van der Waals surface area contributed by atoms with Crippen molar-refractivity contribution in [1.82, 2.24) is 0 Å². The van der Waals surface area contributed by atoms with Gasteiger partial charge in [0, 0.05) is 0 Å². The summed E-state index contributed by atoms with van der Waals surface area (Å²) in [5, 5.41) is 36.4. The Balaban J connectivity index is 3.01. The highest BCUT2D eigenvalue weighted by Crippen LogP contribution is 2.23. The average Bonchev–Trinajstić information content (AvgIpc) is 2.28. The lowest BCUT2D eigenvalue weighted by atomic mass is 9.97. The van der Waals surface area contributed by atoms with Crippen LogP contribution in [0.25, 0.3) is 0 Å². The third kappa shape index (κ3) is 2.76. The number of nitrogens with zero attached hydrogens (tertiary/aromatic N) is 1. The third-order valence-electron chi connectivity index (χ3n) is 2.26. The van der Waals surface area contributed by atoms with Crippen LogP contribution in [0.2, 0.25) is 0 Å². The first-order valence-corrected chi connectivity index (χ1v) is 4.72. The largest absolute Gasteiger partial charge is 0.392 e. The highest BCUT2D eigenvalue weighted by Gasteiger charge is 2.21. The maximum atomic E-state index is 13.0. The SMILES string of the molecule is N#CCC(O)C(O)c1cc(F)ccc1CO. The van der Waals surface area contributed by atoms with Gasteiger partial charge in [0.15, 0.2) is 0 Å². The summed E-state index contributed by atoms with van der Waals surface area (Å²) in [5.41, 5.74) is 0.427. The van der Waals surface area contributed by atoms with Gasteiger partial charge in [0.2, 0.25) is 0 Å². The summed E-state index contributed by atoms with van der Waals surface area (Å²) in [6.07, 6.45) is -2.93. The number of halogens is 1. The molecule has 0 aliphatic rings. The van der Waals surface area contributed by atoms with E-state index in [1.807, 2.05) is 0 Å². The Kier molecular flexibility index (Phi) is 4.38. The van der Waals surface area contributed by atoms with Gasteiger partial charge in [-0.1, -0.05) is 6.07 Å². The van der Waals surface area contributed by atoms with E-state index in [0.717, 1.165) is 12.1 Å². The third-order valence-corrected chi connectivity index (χ3v) is 2.26. The Morgan fingerprint density at radius 3 is 2.62 bits per heavy atom. The van der Waals surface area contributed by atoms with Crippen LogP contribution in [0.1, 0.15) is 23.7 Å². The zero-order valence-electron chi connectivity index (χ0n) is 8.47. The first-order valence-electron chi connectivity index (χ1n) is 4.72. The summed E-state index contributed by atoms with van der Waals surface area (Å²) in [4.78, 5) is 0. The summed E-state index contributed by atoms with van der Waals surface area (Å²) < 4.78 is 13.0. The molecule has 5 heteroatoms. The van der Waals surface area contributed by atoms with Gasteiger partial charge in [0.25, 0.3) is 0 Å². The second-order valence-electron chi connectivity index (χ2n) is 3.38. The van der Waals surface area contributed by atoms with E-state index in [1.165, 1.54) is 6.07 Å². The minimum Gasteiger partial charge on any atom is -0.392 e. The molecule has 0 aliphatic carbocycles. The Hall–Kier alpha value is -1.48. The number of hydrogen-bond acceptors (Lipinski definition) is 4. The molecule has 4 nitrogen and oxygen atoms in total. The van der Waals surface area contributed by atoms with E-state index in [9.17, 15) is 14.6 Å². The second kappa shape index (κ2) is 5.56. The molecule has 0 aromatic heterocycles. The molecule has 1 rings (SSSR count). The maximum Gasteiger partial charge on any atom is 0.123 e. The number of nitriles is 1. The second-order valence-corrected chi connectivity index (χ2v) is 3.38. The molecule has 0 saturated carbocycles. The molecule has 0 fully saturated rings. The number of benzene rings is 1. The van der Waals surface area contributed by atoms with Gasteiger partial charge in [-0.25, -0.2) is 4.39 Å². The lowest BCUT2D eigenvalue weighted by Gasteiger charge is -2.18. The molecule has 1 aromatic carbocycles. The van der Waals surface area contributed by atoms with Gasteiger partial charge in [0.05, 0.1) is 25.2 Å². The minimum absolute atomic E-state index is 0.102. The molecular weight excluding hydrogens is 213 g/mol. The first-order chi connectivity index (χ1) is 7.60. The summed E-state index contributed by atoms with van der Waals surface area (Å²) in [6, 6.07) is 5.22. The summed E-state index contributed by atoms with van der Waals surface area (Å²) in [7, 11) is 0. The van der Waals surface area contributed by atoms with Crippen molar-refractivity contribution in [3.05, 3.63) is 35.1 Å². The van der Waals surface area contributed by atoms with Crippen molar-refractivity contribution in [2.24, 2.45) is 0 Å². The van der Waals surface area contributed by atoms with Crippen molar-refractivity contribution in [1.29, 1.82) is 5.26 Å². The van der Waals surface area contributed by atoms with Crippen LogP contribution in [0.15, 0.2) is 18.2 Å². The molecule has 86 valence electrons. The van der Waals surface area contributed by atoms with Crippen molar-refractivity contribution in [2.45, 2.75) is 25.2 Å². The number of aliphatic hydroxyl groups excluding tert-OH is 3. The fourth-order valence-corrected chi connectivity index (χ4v) is 1.40. The Bertz CT molecular complexity index is 403. The van der Waals surface area contributed by atoms with Crippen LogP contribution in [0.5, 0.6) is 0 Å². The molecule has 0 heterocycles. The van der Waals surface area contributed by atoms with E-state index >= 15 is 0 Å². The lowest BCUT2D eigenvalue weighted by molar-refractivity contribution is 0.0203. The Morgan fingerprint density at radius 1 is 1.38 bits per heavy atom. The average molecular weight is 225 g/mol. The monoisotopic (exact) mass is 225 g/mol. The van der Waals surface area contributed by atoms with E-state index in [1.54, 1.807) is 6.07 Å². The van der Waals surface area contributed by atoms with Gasteiger partial charge < -0.3 is 15.3 Å². The quantitative estimate of drug-likeness (QED) is 0.701. The molecule has 16 heavy (non-hydrogen) atoms. The van der Waals surface area contributed by atoms with E-state index in [2.05, 4.69) is 0 Å². The van der Waals surface area contributed by atoms with Crippen molar-refractivity contribution < 1.29 is 19.7 Å². The molecule has 0 radical (unpaired) electrons. The van der Waals surface area contributed by atoms with Crippen molar-refractivity contribution in [2.75, 3.05) is 0 Å². The molecule has 3 N–H and O–H groups in total. The molecule has 1 aromatic rings. The zero-order valence-corrected chi connectivity index (χ0v) is 8.47. The van der Waals surface area contributed by atoms with E-state index in [-0.39, 0.29) is 18.6 Å². The van der Waals surface area contributed by atoms with Gasteiger partial charge in [0.1, 0.15) is 11.9 Å². The highest BCUT2D eigenvalue weighted by atomic mass is 19.1. The predicted molar refractivity (Wildman–Crippen MR) is 53.5 cm³/mol. The molecular formula is C11H12FNO3. The molecule has 0 bridgehead atoms. The number of aliphatic hydroxyl groups is 3. The van der Waals surface area contributed by atoms with Gasteiger partial charge in [-0.3, -0.25) is 0 Å². The molecule has 2 unspecified atom stereocenters.